The molecule has 0 heterocycles. The topological polar surface area (TPSA) is 74.6 Å². The first-order valence-electron chi connectivity index (χ1n) is 5.14. The molecule has 2 N–H and O–H groups in total. The summed E-state index contributed by atoms with van der Waals surface area (Å²) in [5, 5.41) is 15.4. The van der Waals surface area contributed by atoms with Gasteiger partial charge >= 0.3 is 82.2 Å². The average Bonchev–Trinajstić information content (AvgIpc) is 2.16. The summed E-state index contributed by atoms with van der Waals surface area (Å²) >= 11 is 0. The summed E-state index contributed by atoms with van der Waals surface area (Å²) in [7, 11) is 0. The van der Waals surface area contributed by atoms with Crippen LogP contribution in [0.25, 0.3) is 0 Å². The molecule has 0 amide bonds. The summed E-state index contributed by atoms with van der Waals surface area (Å²) in [6.07, 6.45) is -0.806. The Bertz CT molecular complexity index is 368. The molecule has 19 heavy (non-hydrogen) atoms. The largest absolute Gasteiger partial charge is 1.00 e. The molecule has 0 fully saturated rings. The van der Waals surface area contributed by atoms with Crippen LogP contribution in [0.5, 0.6) is 0 Å². The molecular weight excluding hydrogens is 266 g/mol. The van der Waals surface area contributed by atoms with Gasteiger partial charge in [0.15, 0.2) is 0 Å². The zero-order chi connectivity index (χ0) is 13.5. The van der Waals surface area contributed by atoms with Gasteiger partial charge in [0.2, 0.25) is 0 Å². The van der Waals surface area contributed by atoms with Gasteiger partial charge in [0, 0.05) is 0 Å². The number of carboxylic acid groups (broad SMARTS) is 2. The van der Waals surface area contributed by atoms with Crippen molar-refractivity contribution in [3.05, 3.63) is 35.9 Å². The molecule has 0 radical (unpaired) electrons. The van der Waals surface area contributed by atoms with Gasteiger partial charge < -0.3 is 11.6 Å². The fourth-order valence-electron chi connectivity index (χ4n) is 0.989. The van der Waals surface area contributed by atoms with Crippen LogP contribution < -0.4 is 70.2 Å². The molecular formula is C13H18KLiO4. The van der Waals surface area contributed by atoms with Crippen LogP contribution in [-0.2, 0) is 15.0 Å². The van der Waals surface area contributed by atoms with E-state index in [1.807, 2.05) is 12.1 Å². The molecule has 0 bridgehead atoms. The van der Waals surface area contributed by atoms with Crippen molar-refractivity contribution in [2.45, 2.75) is 32.6 Å². The summed E-state index contributed by atoms with van der Waals surface area (Å²) in [6, 6.07) is 11.3. The summed E-state index contributed by atoms with van der Waals surface area (Å²) in [6.45, 7) is 6.58. The molecule has 0 aromatic heterocycles. The van der Waals surface area contributed by atoms with Crippen molar-refractivity contribution < 1.29 is 91.5 Å². The van der Waals surface area contributed by atoms with Gasteiger partial charge in [-0.2, -0.15) is 35.9 Å². The van der Waals surface area contributed by atoms with Crippen LogP contribution in [0.4, 0.5) is 0 Å². The van der Waals surface area contributed by atoms with Gasteiger partial charge in [0.1, 0.15) is 6.42 Å². The van der Waals surface area contributed by atoms with Gasteiger partial charge in [-0.25, -0.2) is 0 Å². The van der Waals surface area contributed by atoms with Gasteiger partial charge in [-0.05, 0) is 5.41 Å². The van der Waals surface area contributed by atoms with Gasteiger partial charge in [-0.3, -0.25) is 9.59 Å². The minimum absolute atomic E-state index is 0. The summed E-state index contributed by atoms with van der Waals surface area (Å²) in [5.41, 5.74) is 1.51. The van der Waals surface area contributed by atoms with E-state index < -0.39 is 18.4 Å². The van der Waals surface area contributed by atoms with E-state index in [2.05, 4.69) is 39.0 Å². The fraction of sp³-hybridized carbons (Fsp3) is 0.385. The Morgan fingerprint density at radius 1 is 1.21 bits per heavy atom. The number of rotatable bonds is 2. The first kappa shape index (κ1) is 24.4. The molecule has 0 atom stereocenters. The first-order valence-corrected chi connectivity index (χ1v) is 5.14. The number of hydrogen-bond donors (Lipinski definition) is 2. The van der Waals surface area contributed by atoms with E-state index in [4.69, 9.17) is 10.2 Å². The normalized spacial score (nSPS) is 9.00. The van der Waals surface area contributed by atoms with Crippen molar-refractivity contribution in [2.24, 2.45) is 0 Å². The molecule has 0 aliphatic carbocycles. The standard InChI is InChI=1S/C10H13.C3H4O4.K.Li.H/c1-10(2,3)9-7-5-4-6-8-9;4-2(5)1-3(6)7;;;/h4-7H,1-3H3;1H2,(H,4,5)(H,6,7);;;/q-1;;2*+1;-1. The predicted molar refractivity (Wildman–Crippen MR) is 65.0 cm³/mol. The average molecular weight is 284 g/mol. The van der Waals surface area contributed by atoms with Crippen LogP contribution in [-0.4, -0.2) is 22.2 Å². The van der Waals surface area contributed by atoms with E-state index >= 15 is 0 Å². The van der Waals surface area contributed by atoms with Crippen molar-refractivity contribution in [1.29, 1.82) is 0 Å². The molecule has 0 saturated carbocycles. The predicted octanol–water partition coefficient (Wildman–Crippen LogP) is -3.55. The Morgan fingerprint density at radius 2 is 1.68 bits per heavy atom. The molecule has 0 saturated heterocycles. The van der Waals surface area contributed by atoms with Crippen molar-refractivity contribution in [1.82, 2.24) is 0 Å². The summed E-state index contributed by atoms with van der Waals surface area (Å²) < 4.78 is 0. The maximum absolute atomic E-state index is 9.43. The van der Waals surface area contributed by atoms with Crippen LogP contribution in [0.3, 0.4) is 0 Å². The number of hydrogen-bond acceptors (Lipinski definition) is 2. The second kappa shape index (κ2) is 12.2. The molecule has 0 aliphatic rings. The smallest absolute Gasteiger partial charge is 1.00 e. The number of aliphatic carboxylic acids is 2. The Hall–Kier alpha value is 0.394. The molecule has 96 valence electrons. The van der Waals surface area contributed by atoms with E-state index in [1.165, 1.54) is 5.56 Å². The van der Waals surface area contributed by atoms with E-state index in [0.717, 1.165) is 0 Å². The Morgan fingerprint density at radius 3 is 1.84 bits per heavy atom. The van der Waals surface area contributed by atoms with E-state index in [-0.39, 0.29) is 77.1 Å². The molecule has 1 aromatic carbocycles. The van der Waals surface area contributed by atoms with Crippen LogP contribution in [0, 0.1) is 6.07 Å². The molecule has 1 rings (SSSR count). The van der Waals surface area contributed by atoms with Crippen LogP contribution in [0.15, 0.2) is 24.3 Å². The van der Waals surface area contributed by atoms with E-state index in [1.54, 1.807) is 0 Å². The first-order chi connectivity index (χ1) is 7.73. The Balaban J connectivity index is -0.000000117. The quantitative estimate of drug-likeness (QED) is 0.335. The Labute approximate surface area is 170 Å². The zero-order valence-electron chi connectivity index (χ0n) is 13.2. The number of carbonyl (C=O) groups is 2. The molecule has 4 nitrogen and oxygen atoms in total. The summed E-state index contributed by atoms with van der Waals surface area (Å²) in [4.78, 5) is 18.9. The van der Waals surface area contributed by atoms with Crippen LogP contribution >= 0.6 is 0 Å². The van der Waals surface area contributed by atoms with E-state index in [0.29, 0.717) is 0 Å². The zero-order valence-corrected chi connectivity index (χ0v) is 15.4. The minimum Gasteiger partial charge on any atom is -1.00 e. The van der Waals surface area contributed by atoms with Gasteiger partial charge in [-0.15, -0.1) is 0 Å². The molecule has 0 spiro atoms. The SMILES string of the molecule is CC(C)(C)c1[c-]cccc1.O=C(O)CC(=O)O.[H-].[K+].[Li+]. The molecule has 0 unspecified atom stereocenters. The van der Waals surface area contributed by atoms with Gasteiger partial charge in [0.05, 0.1) is 0 Å². The number of benzene rings is 1. The van der Waals surface area contributed by atoms with Crippen LogP contribution in [0.1, 0.15) is 34.2 Å². The second-order valence-corrected chi connectivity index (χ2v) is 4.49. The molecule has 0 aliphatic heterocycles. The second-order valence-electron chi connectivity index (χ2n) is 4.49. The van der Waals surface area contributed by atoms with Crippen molar-refractivity contribution in [3.63, 3.8) is 0 Å². The maximum atomic E-state index is 9.43. The number of carboxylic acids is 2. The van der Waals surface area contributed by atoms with Crippen molar-refractivity contribution in [2.75, 3.05) is 0 Å². The van der Waals surface area contributed by atoms with Gasteiger partial charge in [-0.1, -0.05) is 20.8 Å². The molecule has 6 heteroatoms. The van der Waals surface area contributed by atoms with Crippen molar-refractivity contribution >= 4 is 11.9 Å². The minimum atomic E-state index is -1.31. The maximum Gasteiger partial charge on any atom is 1.00 e. The summed E-state index contributed by atoms with van der Waals surface area (Å²) in [5.74, 6) is -2.62. The molecule has 1 aromatic rings. The third kappa shape index (κ3) is 14.6. The third-order valence-corrected chi connectivity index (χ3v) is 1.82. The van der Waals surface area contributed by atoms with Crippen LogP contribution in [0.2, 0.25) is 0 Å². The van der Waals surface area contributed by atoms with E-state index in [9.17, 15) is 9.59 Å². The van der Waals surface area contributed by atoms with Gasteiger partial charge in [0.25, 0.3) is 0 Å². The third-order valence-electron chi connectivity index (χ3n) is 1.82. The van der Waals surface area contributed by atoms with Crippen molar-refractivity contribution in [3.8, 4) is 0 Å². The monoisotopic (exact) mass is 284 g/mol. The Kier molecular flexibility index (Phi) is 15.6. The fourth-order valence-corrected chi connectivity index (χ4v) is 0.989.